The van der Waals surface area contributed by atoms with Gasteiger partial charge in [0.05, 0.1) is 0 Å². The zero-order valence-corrected chi connectivity index (χ0v) is 22.5. The fourth-order valence-corrected chi connectivity index (χ4v) is 7.42. The van der Waals surface area contributed by atoms with Gasteiger partial charge in [0.2, 0.25) is 0 Å². The number of hydrogen-bond acceptors (Lipinski definition) is 0. The van der Waals surface area contributed by atoms with Crippen molar-refractivity contribution in [3.63, 3.8) is 0 Å². The Morgan fingerprint density at radius 2 is 1.23 bits per heavy atom. The van der Waals surface area contributed by atoms with E-state index in [4.69, 9.17) is 4.65 Å². The largest absolute Gasteiger partial charge is 3.00 e. The van der Waals surface area contributed by atoms with Gasteiger partial charge in [0.1, 0.15) is 0 Å². The van der Waals surface area contributed by atoms with E-state index >= 15 is 0 Å². The first-order valence-corrected chi connectivity index (χ1v) is 12.7. The summed E-state index contributed by atoms with van der Waals surface area (Å²) in [5.74, 6) is 3.29. The van der Waals surface area contributed by atoms with Crippen LogP contribution in [0.3, 0.4) is 0 Å². The van der Waals surface area contributed by atoms with Gasteiger partial charge in [-0.25, -0.2) is 0 Å². The molecule has 4 unspecified atom stereocenters. The molecule has 0 radical (unpaired) electrons. The van der Waals surface area contributed by atoms with Gasteiger partial charge in [-0.1, -0.05) is 98.3 Å². The number of hydrogen-bond donors (Lipinski definition) is 0. The third-order valence-corrected chi connectivity index (χ3v) is 8.85. The summed E-state index contributed by atoms with van der Waals surface area (Å²) in [4.78, 5) is 0. The van der Waals surface area contributed by atoms with Gasteiger partial charge in [-0.3, -0.25) is 0 Å². The van der Waals surface area contributed by atoms with Gasteiger partial charge >= 0.3 is 38.0 Å². The molecule has 0 heterocycles. The van der Waals surface area contributed by atoms with Crippen LogP contribution < -0.4 is 10.6 Å². The van der Waals surface area contributed by atoms with Crippen molar-refractivity contribution in [2.45, 2.75) is 26.2 Å². The van der Waals surface area contributed by atoms with Crippen LogP contribution >= 0.6 is 7.92 Å². The van der Waals surface area contributed by atoms with E-state index in [2.05, 4.69) is 98.5 Å². The Hall–Kier alpha value is -1.50. The molecule has 8 heteroatoms. The molecule has 35 heavy (non-hydrogen) atoms. The van der Waals surface area contributed by atoms with Gasteiger partial charge in [-0.2, -0.15) is 0 Å². The van der Waals surface area contributed by atoms with Crippen molar-refractivity contribution in [2.75, 3.05) is 6.16 Å². The molecular weight excluding hydrogens is 561 g/mol. The van der Waals surface area contributed by atoms with Gasteiger partial charge in [-0.05, 0) is 61.2 Å². The molecule has 0 saturated heterocycles. The summed E-state index contributed by atoms with van der Waals surface area (Å²) >= 11 is 0. The SMILES string of the molecule is CCC1CC(CCP(c2ccccc2)c2ccccc2)C2C=CC=CC12.F[B-](F)(F)F.[C-]#[O+].[CH3-].[Rh+3]. The maximum Gasteiger partial charge on any atom is 3.00 e. The van der Waals surface area contributed by atoms with E-state index in [1.165, 1.54) is 36.0 Å². The van der Waals surface area contributed by atoms with Crippen LogP contribution in [0.15, 0.2) is 85.0 Å². The van der Waals surface area contributed by atoms with Crippen LogP contribution in [0.5, 0.6) is 0 Å². The molecule has 1 fully saturated rings. The maximum absolute atomic E-state index is 9.75. The summed E-state index contributed by atoms with van der Waals surface area (Å²) in [7, 11) is -6.25. The standard InChI is InChI=1S/C25H29P.CO.CH3.BF4.Rh/c1-2-20-19-21(25-16-10-9-15-24(20)25)17-18-26(22-11-5-3-6-12-22)23-13-7-4-8-14-23;1-2;;2-1(3,4)5;/h3-16,20-21,24-25H,2,17-19H2,1H3;;1H3;;/q;;2*-1;+3. The quantitative estimate of drug-likeness (QED) is 0.108. The Kier molecular flexibility index (Phi) is 16.3. The van der Waals surface area contributed by atoms with E-state index < -0.39 is 7.25 Å². The molecule has 1 nitrogen and oxygen atoms in total. The number of rotatable bonds is 6. The van der Waals surface area contributed by atoms with Gasteiger partial charge in [-0.15, -0.1) is 0 Å². The van der Waals surface area contributed by atoms with E-state index in [0.717, 1.165) is 23.7 Å². The molecule has 0 amide bonds. The molecule has 2 aliphatic carbocycles. The van der Waals surface area contributed by atoms with Crippen LogP contribution in [0.4, 0.5) is 17.3 Å². The van der Waals surface area contributed by atoms with E-state index in [-0.39, 0.29) is 34.8 Å². The molecule has 0 spiro atoms. The molecule has 2 aromatic rings. The van der Waals surface area contributed by atoms with Crippen molar-refractivity contribution < 1.29 is 41.4 Å². The minimum Gasteiger partial charge on any atom is -0.358 e. The van der Waals surface area contributed by atoms with Crippen molar-refractivity contribution in [1.82, 2.24) is 0 Å². The maximum atomic E-state index is 9.75. The van der Waals surface area contributed by atoms with Crippen molar-refractivity contribution in [3.05, 3.63) is 99.0 Å². The normalized spacial score (nSPS) is 21.8. The zero-order chi connectivity index (χ0) is 24.3. The molecule has 2 aromatic carbocycles. The second-order valence-corrected chi connectivity index (χ2v) is 10.5. The Balaban J connectivity index is 0.00000115. The molecule has 0 N–H and O–H groups in total. The minimum absolute atomic E-state index is 0. The van der Waals surface area contributed by atoms with Crippen LogP contribution in [0.25, 0.3) is 0 Å². The van der Waals surface area contributed by atoms with Crippen LogP contribution in [-0.4, -0.2) is 13.4 Å². The van der Waals surface area contributed by atoms with Crippen molar-refractivity contribution in [2.24, 2.45) is 23.7 Å². The van der Waals surface area contributed by atoms with Crippen molar-refractivity contribution in [1.29, 1.82) is 0 Å². The Labute approximate surface area is 221 Å². The summed E-state index contributed by atoms with van der Waals surface area (Å²) in [6.07, 6.45) is 14.9. The van der Waals surface area contributed by atoms with E-state index in [0.29, 0.717) is 0 Å². The molecular formula is C27H32BF4OPRh+. The number of halogens is 4. The Bertz CT molecular complexity index is 860. The fourth-order valence-electron chi connectivity index (χ4n) is 4.95. The Morgan fingerprint density at radius 1 is 0.829 bits per heavy atom. The Morgan fingerprint density at radius 3 is 1.63 bits per heavy atom. The zero-order valence-electron chi connectivity index (χ0n) is 20.0. The number of fused-ring (bicyclic) bond motifs is 1. The van der Waals surface area contributed by atoms with Gasteiger partial charge in [0, 0.05) is 0 Å². The molecule has 190 valence electrons. The smallest absolute Gasteiger partial charge is 0.358 e. The summed E-state index contributed by atoms with van der Waals surface area (Å²) in [6, 6.07) is 22.4. The fraction of sp³-hybridized carbons (Fsp3) is 0.333. The molecule has 2 aliphatic rings. The van der Waals surface area contributed by atoms with Crippen LogP contribution in [0.1, 0.15) is 26.2 Å². The predicted octanol–water partition coefficient (Wildman–Crippen LogP) is 7.62. The molecule has 0 aliphatic heterocycles. The molecule has 4 rings (SSSR count). The second kappa shape index (κ2) is 17.0. The summed E-state index contributed by atoms with van der Waals surface area (Å²) in [5, 5.41) is 3.05. The predicted molar refractivity (Wildman–Crippen MR) is 136 cm³/mol. The average molecular weight is 593 g/mol. The number of benzene rings is 2. The third kappa shape index (κ3) is 11.0. The number of allylic oxidation sites excluding steroid dienone is 4. The first-order valence-electron chi connectivity index (χ1n) is 11.2. The minimum atomic E-state index is -6.00. The van der Waals surface area contributed by atoms with Crippen LogP contribution in [0.2, 0.25) is 0 Å². The van der Waals surface area contributed by atoms with E-state index in [1.807, 2.05) is 0 Å². The molecule has 0 bridgehead atoms. The van der Waals surface area contributed by atoms with Gasteiger partial charge in [0.25, 0.3) is 0 Å². The first-order chi connectivity index (χ1) is 15.9. The van der Waals surface area contributed by atoms with Crippen LogP contribution in [0, 0.1) is 37.7 Å². The summed E-state index contributed by atoms with van der Waals surface area (Å²) in [5.41, 5.74) is 0. The third-order valence-electron chi connectivity index (χ3n) is 6.30. The van der Waals surface area contributed by atoms with Gasteiger partial charge < -0.3 is 24.7 Å². The summed E-state index contributed by atoms with van der Waals surface area (Å²) in [6.45, 7) is 6.87. The second-order valence-electron chi connectivity index (χ2n) is 8.19. The molecule has 1 saturated carbocycles. The summed E-state index contributed by atoms with van der Waals surface area (Å²) < 4.78 is 46.5. The molecule has 0 aromatic heterocycles. The topological polar surface area (TPSA) is 19.9 Å². The van der Waals surface area contributed by atoms with Crippen LogP contribution in [-0.2, 0) is 24.1 Å². The van der Waals surface area contributed by atoms with Crippen molar-refractivity contribution >= 4 is 25.8 Å². The van der Waals surface area contributed by atoms with Gasteiger partial charge in [0.15, 0.2) is 0 Å². The van der Waals surface area contributed by atoms with Crippen molar-refractivity contribution in [3.8, 4) is 0 Å². The monoisotopic (exact) mass is 593 g/mol. The average Bonchev–Trinajstić information content (AvgIpc) is 3.19. The van der Waals surface area contributed by atoms with E-state index in [9.17, 15) is 17.3 Å². The first kappa shape index (κ1) is 33.5. The van der Waals surface area contributed by atoms with E-state index in [1.54, 1.807) is 0 Å². The molecule has 4 atom stereocenters.